The van der Waals surface area contributed by atoms with Crippen LogP contribution in [0.1, 0.15) is 16.9 Å². The highest BCUT2D eigenvalue weighted by atomic mass is 32.1. The standard InChI is InChI=1S/C21H25N3O4S/c1-14-15(2)29-20-19(14)21(26)24(13-22-20)10-9-18(25)23(3)11-12-28-17-8-6-5-7-16(17)27-4/h5-8,13H,9-12H2,1-4H3. The number of carbonyl (C=O) groups excluding carboxylic acids is 1. The molecule has 29 heavy (non-hydrogen) atoms. The summed E-state index contributed by atoms with van der Waals surface area (Å²) in [6.07, 6.45) is 1.75. The molecule has 3 rings (SSSR count). The summed E-state index contributed by atoms with van der Waals surface area (Å²) in [7, 11) is 3.31. The number of para-hydroxylation sites is 2. The van der Waals surface area contributed by atoms with Crippen molar-refractivity contribution in [2.24, 2.45) is 0 Å². The molecule has 8 heteroatoms. The van der Waals surface area contributed by atoms with Crippen LogP contribution in [-0.4, -0.2) is 47.7 Å². The van der Waals surface area contributed by atoms with Crippen LogP contribution in [0.4, 0.5) is 0 Å². The molecule has 7 nitrogen and oxygen atoms in total. The number of hydrogen-bond acceptors (Lipinski definition) is 6. The Bertz CT molecular complexity index is 1070. The second kappa shape index (κ2) is 9.09. The summed E-state index contributed by atoms with van der Waals surface area (Å²) < 4.78 is 12.5. The van der Waals surface area contributed by atoms with E-state index in [1.807, 2.05) is 38.1 Å². The molecular formula is C21H25N3O4S. The van der Waals surface area contributed by atoms with Crippen LogP contribution in [0.25, 0.3) is 10.2 Å². The third-order valence-corrected chi connectivity index (χ3v) is 6.02. The van der Waals surface area contributed by atoms with Crippen molar-refractivity contribution in [3.63, 3.8) is 0 Å². The number of likely N-dealkylation sites (N-methyl/N-ethyl adjacent to an activating group) is 1. The molecule has 1 aromatic carbocycles. The summed E-state index contributed by atoms with van der Waals surface area (Å²) in [4.78, 5) is 33.0. The van der Waals surface area contributed by atoms with Crippen LogP contribution in [0.5, 0.6) is 11.5 Å². The number of thiophene rings is 1. The zero-order valence-corrected chi connectivity index (χ0v) is 17.9. The quantitative estimate of drug-likeness (QED) is 0.565. The zero-order chi connectivity index (χ0) is 21.0. The molecule has 2 aromatic heterocycles. The van der Waals surface area contributed by atoms with Crippen molar-refractivity contribution in [1.82, 2.24) is 14.5 Å². The lowest BCUT2D eigenvalue weighted by molar-refractivity contribution is -0.130. The molecule has 0 atom stereocenters. The second-order valence-corrected chi connectivity index (χ2v) is 7.97. The number of aromatic nitrogens is 2. The van der Waals surface area contributed by atoms with Gasteiger partial charge in [-0.05, 0) is 31.5 Å². The maximum Gasteiger partial charge on any atom is 0.262 e. The lowest BCUT2D eigenvalue weighted by Gasteiger charge is -2.18. The van der Waals surface area contributed by atoms with E-state index in [2.05, 4.69) is 4.98 Å². The van der Waals surface area contributed by atoms with E-state index in [4.69, 9.17) is 9.47 Å². The second-order valence-electron chi connectivity index (χ2n) is 6.77. The van der Waals surface area contributed by atoms with Gasteiger partial charge in [0.2, 0.25) is 5.91 Å². The molecule has 0 saturated carbocycles. The van der Waals surface area contributed by atoms with Gasteiger partial charge in [0.25, 0.3) is 5.56 Å². The normalized spacial score (nSPS) is 10.9. The summed E-state index contributed by atoms with van der Waals surface area (Å²) in [5.41, 5.74) is 0.876. The van der Waals surface area contributed by atoms with Crippen LogP contribution in [0.2, 0.25) is 0 Å². The van der Waals surface area contributed by atoms with E-state index in [0.717, 1.165) is 15.3 Å². The van der Waals surface area contributed by atoms with Crippen molar-refractivity contribution in [2.45, 2.75) is 26.8 Å². The molecule has 0 fully saturated rings. The first-order chi connectivity index (χ1) is 13.9. The molecule has 154 valence electrons. The monoisotopic (exact) mass is 415 g/mol. The van der Waals surface area contributed by atoms with E-state index in [-0.39, 0.29) is 17.9 Å². The molecule has 0 aliphatic rings. The summed E-state index contributed by atoms with van der Waals surface area (Å²) in [5, 5.41) is 0.654. The Morgan fingerprint density at radius 3 is 2.69 bits per heavy atom. The van der Waals surface area contributed by atoms with Gasteiger partial charge >= 0.3 is 0 Å². The van der Waals surface area contributed by atoms with Gasteiger partial charge in [-0.2, -0.15) is 0 Å². The first kappa shape index (κ1) is 20.9. The van der Waals surface area contributed by atoms with Crippen LogP contribution in [0.15, 0.2) is 35.4 Å². The predicted molar refractivity (Wildman–Crippen MR) is 114 cm³/mol. The molecule has 0 N–H and O–H groups in total. The van der Waals surface area contributed by atoms with E-state index in [1.54, 1.807) is 19.1 Å². The molecule has 1 amide bonds. The van der Waals surface area contributed by atoms with Crippen molar-refractivity contribution in [3.8, 4) is 11.5 Å². The van der Waals surface area contributed by atoms with Gasteiger partial charge in [0, 0.05) is 24.9 Å². The molecule has 0 aliphatic heterocycles. The number of carbonyl (C=O) groups is 1. The maximum absolute atomic E-state index is 12.7. The number of hydrogen-bond donors (Lipinski definition) is 0. The van der Waals surface area contributed by atoms with Gasteiger partial charge in [-0.15, -0.1) is 11.3 Å². The van der Waals surface area contributed by atoms with Crippen molar-refractivity contribution >= 4 is 27.5 Å². The Hall–Kier alpha value is -2.87. The van der Waals surface area contributed by atoms with Crippen molar-refractivity contribution < 1.29 is 14.3 Å². The average molecular weight is 416 g/mol. The fourth-order valence-corrected chi connectivity index (χ4v) is 3.98. The number of nitrogens with zero attached hydrogens (tertiary/aromatic N) is 3. The summed E-state index contributed by atoms with van der Waals surface area (Å²) in [6.45, 7) is 5.00. The van der Waals surface area contributed by atoms with Crippen molar-refractivity contribution in [1.29, 1.82) is 0 Å². The molecule has 0 saturated heterocycles. The van der Waals surface area contributed by atoms with Crippen molar-refractivity contribution in [3.05, 3.63) is 51.4 Å². The smallest absolute Gasteiger partial charge is 0.262 e. The van der Waals surface area contributed by atoms with Crippen LogP contribution < -0.4 is 15.0 Å². The first-order valence-corrected chi connectivity index (χ1v) is 10.2. The minimum Gasteiger partial charge on any atom is -0.493 e. The SMILES string of the molecule is COc1ccccc1OCCN(C)C(=O)CCn1cnc2sc(C)c(C)c2c1=O. The summed E-state index contributed by atoms with van der Waals surface area (Å²) in [5.74, 6) is 1.24. The number of ether oxygens (including phenoxy) is 2. The third-order valence-electron chi connectivity index (χ3n) is 4.90. The minimum atomic E-state index is -0.0909. The number of benzene rings is 1. The fourth-order valence-electron chi connectivity index (χ4n) is 2.99. The molecular weight excluding hydrogens is 390 g/mol. The predicted octanol–water partition coefficient (Wildman–Crippen LogP) is 3.01. The largest absolute Gasteiger partial charge is 0.493 e. The highest BCUT2D eigenvalue weighted by Gasteiger charge is 2.14. The molecule has 0 radical (unpaired) electrons. The van der Waals surface area contributed by atoms with Crippen LogP contribution in [-0.2, 0) is 11.3 Å². The summed E-state index contributed by atoms with van der Waals surface area (Å²) >= 11 is 1.52. The average Bonchev–Trinajstić information content (AvgIpc) is 3.02. The van der Waals surface area contributed by atoms with Gasteiger partial charge in [0.15, 0.2) is 11.5 Å². The van der Waals surface area contributed by atoms with Gasteiger partial charge in [-0.25, -0.2) is 4.98 Å². The third kappa shape index (κ3) is 4.59. The molecule has 0 unspecified atom stereocenters. The minimum absolute atomic E-state index is 0.0566. The van der Waals surface area contributed by atoms with Gasteiger partial charge in [-0.1, -0.05) is 12.1 Å². The van der Waals surface area contributed by atoms with Gasteiger partial charge in [0.1, 0.15) is 11.4 Å². The highest BCUT2D eigenvalue weighted by molar-refractivity contribution is 7.18. The van der Waals surface area contributed by atoms with Gasteiger partial charge in [-0.3, -0.25) is 14.2 Å². The Balaban J connectivity index is 1.55. The Morgan fingerprint density at radius 2 is 1.97 bits per heavy atom. The summed E-state index contributed by atoms with van der Waals surface area (Å²) in [6, 6.07) is 7.38. The van der Waals surface area contributed by atoms with Crippen molar-refractivity contribution in [2.75, 3.05) is 27.3 Å². The Morgan fingerprint density at radius 1 is 1.24 bits per heavy atom. The number of methoxy groups -OCH3 is 1. The molecule has 2 heterocycles. The van der Waals surface area contributed by atoms with Crippen LogP contribution in [0, 0.1) is 13.8 Å². The Labute approximate surface area is 173 Å². The molecule has 0 bridgehead atoms. The zero-order valence-electron chi connectivity index (χ0n) is 17.1. The number of amides is 1. The first-order valence-electron chi connectivity index (χ1n) is 9.37. The van der Waals surface area contributed by atoms with E-state index < -0.39 is 0 Å². The lowest BCUT2D eigenvalue weighted by atomic mass is 10.2. The van der Waals surface area contributed by atoms with Crippen LogP contribution >= 0.6 is 11.3 Å². The maximum atomic E-state index is 12.7. The number of aryl methyl sites for hydroxylation is 3. The number of fused-ring (bicyclic) bond motifs is 1. The molecule has 0 aliphatic carbocycles. The van der Waals surface area contributed by atoms with E-state index in [9.17, 15) is 9.59 Å². The topological polar surface area (TPSA) is 73.7 Å². The fraction of sp³-hybridized carbons (Fsp3) is 0.381. The molecule has 3 aromatic rings. The van der Waals surface area contributed by atoms with Gasteiger partial charge < -0.3 is 14.4 Å². The lowest BCUT2D eigenvalue weighted by Crippen LogP contribution is -2.32. The van der Waals surface area contributed by atoms with Gasteiger partial charge in [0.05, 0.1) is 25.4 Å². The van der Waals surface area contributed by atoms with E-state index in [0.29, 0.717) is 36.6 Å². The van der Waals surface area contributed by atoms with Crippen LogP contribution in [0.3, 0.4) is 0 Å². The number of rotatable bonds is 8. The Kier molecular flexibility index (Phi) is 6.53. The molecule has 0 spiro atoms. The van der Waals surface area contributed by atoms with E-state index >= 15 is 0 Å². The van der Waals surface area contributed by atoms with E-state index in [1.165, 1.54) is 22.2 Å². The highest BCUT2D eigenvalue weighted by Crippen LogP contribution is 2.26.